The standard InChI is InChI=1S/C8H7ClO4S.Na/c1-13-8(10)5-2-3-6(9)7(4-5)14(11)12;/h2-4H,1H3,(H,11,12);/q;+1/p-1. The molecule has 0 amide bonds. The largest absolute Gasteiger partial charge is 1.00 e. The summed E-state index contributed by atoms with van der Waals surface area (Å²) in [7, 11) is 1.21. The molecule has 0 N–H and O–H groups in total. The number of hydrogen-bond donors (Lipinski definition) is 0. The van der Waals surface area contributed by atoms with Crippen LogP contribution in [0, 0.1) is 0 Å². The molecule has 0 bridgehead atoms. The Kier molecular flexibility index (Phi) is 6.66. The Morgan fingerprint density at radius 1 is 1.53 bits per heavy atom. The van der Waals surface area contributed by atoms with Gasteiger partial charge in [-0.15, -0.1) is 0 Å². The maximum Gasteiger partial charge on any atom is 1.00 e. The van der Waals surface area contributed by atoms with Crippen molar-refractivity contribution < 1.29 is 47.9 Å². The van der Waals surface area contributed by atoms with E-state index in [0.29, 0.717) is 0 Å². The number of benzene rings is 1. The van der Waals surface area contributed by atoms with Gasteiger partial charge in [0.2, 0.25) is 0 Å². The Balaban J connectivity index is 0.00000196. The molecular formula is C8H6ClNaO4S. The summed E-state index contributed by atoms with van der Waals surface area (Å²) in [4.78, 5) is 10.9. The minimum Gasteiger partial charge on any atom is -0.768 e. The molecule has 76 valence electrons. The summed E-state index contributed by atoms with van der Waals surface area (Å²) in [5.74, 6) is -0.603. The molecule has 0 aliphatic rings. The molecule has 0 fully saturated rings. The van der Waals surface area contributed by atoms with Crippen LogP contribution >= 0.6 is 11.6 Å². The number of carbonyl (C=O) groups excluding carboxylic acids is 1. The fourth-order valence-electron chi connectivity index (χ4n) is 0.876. The van der Waals surface area contributed by atoms with Gasteiger partial charge >= 0.3 is 35.5 Å². The number of esters is 1. The van der Waals surface area contributed by atoms with Gasteiger partial charge in [0, 0.05) is 4.90 Å². The SMILES string of the molecule is COC(=O)c1ccc(Cl)c(S(=O)[O-])c1.[Na+]. The van der Waals surface area contributed by atoms with E-state index in [-0.39, 0.29) is 45.0 Å². The Bertz CT molecular complexity index is 396. The third-order valence-corrected chi connectivity index (χ3v) is 2.67. The third kappa shape index (κ3) is 3.86. The van der Waals surface area contributed by atoms with Crippen LogP contribution in [0.3, 0.4) is 0 Å². The first kappa shape index (κ1) is 15.1. The summed E-state index contributed by atoms with van der Waals surface area (Å²) in [6.07, 6.45) is 0. The zero-order valence-electron chi connectivity index (χ0n) is 8.15. The van der Waals surface area contributed by atoms with Crippen molar-refractivity contribution >= 4 is 28.7 Å². The van der Waals surface area contributed by atoms with E-state index in [1.165, 1.54) is 19.2 Å². The van der Waals surface area contributed by atoms with Gasteiger partial charge in [-0.25, -0.2) is 4.79 Å². The van der Waals surface area contributed by atoms with E-state index in [1.807, 2.05) is 0 Å². The van der Waals surface area contributed by atoms with E-state index in [0.717, 1.165) is 6.07 Å². The molecule has 1 aromatic carbocycles. The Labute approximate surface area is 117 Å². The quantitative estimate of drug-likeness (QED) is 0.362. The minimum absolute atomic E-state index is 0. The van der Waals surface area contributed by atoms with Gasteiger partial charge in [0.25, 0.3) is 0 Å². The van der Waals surface area contributed by atoms with Gasteiger partial charge in [-0.3, -0.25) is 4.21 Å². The topological polar surface area (TPSA) is 66.4 Å². The molecule has 15 heavy (non-hydrogen) atoms. The molecule has 0 heterocycles. The average molecular weight is 257 g/mol. The number of hydrogen-bond acceptors (Lipinski definition) is 4. The van der Waals surface area contributed by atoms with Gasteiger partial charge in [0.1, 0.15) is 0 Å². The van der Waals surface area contributed by atoms with E-state index < -0.39 is 17.0 Å². The van der Waals surface area contributed by atoms with Gasteiger partial charge in [0.15, 0.2) is 0 Å². The van der Waals surface area contributed by atoms with Gasteiger partial charge < -0.3 is 9.29 Å². The number of methoxy groups -OCH3 is 1. The average Bonchev–Trinajstić information content (AvgIpc) is 2.17. The number of halogens is 1. The molecule has 1 rings (SSSR count). The first-order valence-electron chi connectivity index (χ1n) is 3.53. The van der Waals surface area contributed by atoms with Crippen molar-refractivity contribution in [3.8, 4) is 0 Å². The van der Waals surface area contributed by atoms with Gasteiger partial charge in [-0.2, -0.15) is 0 Å². The summed E-state index contributed by atoms with van der Waals surface area (Å²) >= 11 is 3.13. The van der Waals surface area contributed by atoms with E-state index in [2.05, 4.69) is 4.74 Å². The Morgan fingerprint density at radius 2 is 2.13 bits per heavy atom. The van der Waals surface area contributed by atoms with Crippen molar-refractivity contribution in [3.63, 3.8) is 0 Å². The predicted octanol–water partition coefficient (Wildman–Crippen LogP) is -1.63. The molecule has 7 heteroatoms. The van der Waals surface area contributed by atoms with Crippen LogP contribution in [0.25, 0.3) is 0 Å². The maximum absolute atomic E-state index is 11.0. The fraction of sp³-hybridized carbons (Fsp3) is 0.125. The van der Waals surface area contributed by atoms with Crippen LogP contribution in [0.4, 0.5) is 0 Å². The smallest absolute Gasteiger partial charge is 0.768 e. The maximum atomic E-state index is 11.0. The molecule has 0 aliphatic heterocycles. The van der Waals surface area contributed by atoms with Crippen LogP contribution in [0.15, 0.2) is 23.1 Å². The predicted molar refractivity (Wildman–Crippen MR) is 50.0 cm³/mol. The van der Waals surface area contributed by atoms with E-state index in [9.17, 15) is 13.6 Å². The van der Waals surface area contributed by atoms with Crippen LogP contribution in [0.5, 0.6) is 0 Å². The second-order valence-corrected chi connectivity index (χ2v) is 3.69. The van der Waals surface area contributed by atoms with Crippen LogP contribution in [-0.4, -0.2) is 21.8 Å². The first-order valence-corrected chi connectivity index (χ1v) is 4.98. The molecule has 0 radical (unpaired) electrons. The molecule has 1 atom stereocenters. The van der Waals surface area contributed by atoms with Crippen LogP contribution in [-0.2, 0) is 15.8 Å². The summed E-state index contributed by atoms with van der Waals surface area (Å²) in [6.45, 7) is 0. The Morgan fingerprint density at radius 3 is 2.60 bits per heavy atom. The van der Waals surface area contributed by atoms with Gasteiger partial charge in [-0.1, -0.05) is 11.6 Å². The van der Waals surface area contributed by atoms with Crippen LogP contribution in [0.2, 0.25) is 5.02 Å². The van der Waals surface area contributed by atoms with Crippen molar-refractivity contribution in [2.75, 3.05) is 7.11 Å². The zero-order valence-corrected chi connectivity index (χ0v) is 11.7. The van der Waals surface area contributed by atoms with Crippen LogP contribution < -0.4 is 29.6 Å². The van der Waals surface area contributed by atoms with Gasteiger partial charge in [0.05, 0.1) is 17.7 Å². The number of ether oxygens (including phenoxy) is 1. The monoisotopic (exact) mass is 256 g/mol. The molecule has 0 saturated carbocycles. The first-order chi connectivity index (χ1) is 6.56. The molecule has 0 aliphatic carbocycles. The van der Waals surface area contributed by atoms with Crippen molar-refractivity contribution in [2.45, 2.75) is 4.90 Å². The number of carbonyl (C=O) groups is 1. The van der Waals surface area contributed by atoms with Crippen LogP contribution in [0.1, 0.15) is 10.4 Å². The fourth-order valence-corrected chi connectivity index (χ4v) is 1.63. The normalized spacial score (nSPS) is 11.4. The third-order valence-electron chi connectivity index (χ3n) is 1.53. The summed E-state index contributed by atoms with van der Waals surface area (Å²) in [6, 6.07) is 3.89. The second-order valence-electron chi connectivity index (χ2n) is 2.37. The van der Waals surface area contributed by atoms with Crippen molar-refractivity contribution in [2.24, 2.45) is 0 Å². The molecule has 0 aromatic heterocycles. The molecule has 1 aromatic rings. The molecule has 4 nitrogen and oxygen atoms in total. The zero-order chi connectivity index (χ0) is 10.7. The summed E-state index contributed by atoms with van der Waals surface area (Å²) in [5, 5.41) is 0.0750. The van der Waals surface area contributed by atoms with Crippen molar-refractivity contribution in [3.05, 3.63) is 28.8 Å². The van der Waals surface area contributed by atoms with E-state index >= 15 is 0 Å². The van der Waals surface area contributed by atoms with Gasteiger partial charge in [-0.05, 0) is 29.3 Å². The van der Waals surface area contributed by atoms with E-state index in [1.54, 1.807) is 0 Å². The van der Waals surface area contributed by atoms with Crippen molar-refractivity contribution in [1.82, 2.24) is 0 Å². The summed E-state index contributed by atoms with van der Waals surface area (Å²) in [5.41, 5.74) is 0.149. The minimum atomic E-state index is -2.46. The molecule has 0 saturated heterocycles. The summed E-state index contributed by atoms with van der Waals surface area (Å²) < 4.78 is 25.7. The molecular weight excluding hydrogens is 251 g/mol. The van der Waals surface area contributed by atoms with Crippen molar-refractivity contribution in [1.29, 1.82) is 0 Å². The number of rotatable bonds is 2. The molecule has 1 unspecified atom stereocenters. The molecule has 0 spiro atoms. The second kappa shape index (κ2) is 6.62. The Hall–Kier alpha value is 0.0900. The van der Waals surface area contributed by atoms with E-state index in [4.69, 9.17) is 11.6 Å².